The number of hydrazone groups is 1. The van der Waals surface area contributed by atoms with E-state index in [-0.39, 0.29) is 11.7 Å². The van der Waals surface area contributed by atoms with Crippen LogP contribution in [0, 0.1) is 0 Å². The molecule has 1 aromatic carbocycles. The van der Waals surface area contributed by atoms with Gasteiger partial charge in [-0.1, -0.05) is 30.8 Å². The second-order valence-corrected chi connectivity index (χ2v) is 6.90. The second kappa shape index (κ2) is 8.02. The van der Waals surface area contributed by atoms with Crippen LogP contribution in [-0.4, -0.2) is 28.6 Å². The molecular weight excluding hydrogens is 336 g/mol. The Kier molecular flexibility index (Phi) is 5.55. The molecule has 1 atom stereocenters. The minimum Gasteiger partial charge on any atom is -0.459 e. The number of carbonyl (C=O) groups excluding carboxylic acids is 1. The SMILES string of the molecule is CC[C@@H]1CN=C(Nc2ccc(/C(C)=N\NC(=O)c3ccco3)cc2)S1. The van der Waals surface area contributed by atoms with E-state index in [0.29, 0.717) is 11.0 Å². The largest absolute Gasteiger partial charge is 0.459 e. The normalized spacial score (nSPS) is 17.3. The number of aliphatic imine (C=N–C) groups is 1. The van der Waals surface area contributed by atoms with Gasteiger partial charge in [0.2, 0.25) is 0 Å². The van der Waals surface area contributed by atoms with Crippen molar-refractivity contribution in [2.75, 3.05) is 11.9 Å². The molecule has 3 rings (SSSR count). The molecule has 0 bridgehead atoms. The molecule has 0 unspecified atom stereocenters. The summed E-state index contributed by atoms with van der Waals surface area (Å²) in [5.41, 5.74) is 5.11. The van der Waals surface area contributed by atoms with E-state index < -0.39 is 0 Å². The van der Waals surface area contributed by atoms with E-state index >= 15 is 0 Å². The third-order valence-corrected chi connectivity index (χ3v) is 5.07. The smallest absolute Gasteiger partial charge is 0.307 e. The van der Waals surface area contributed by atoms with Crippen molar-refractivity contribution in [3.8, 4) is 0 Å². The number of hydrogen-bond donors (Lipinski definition) is 2. The third kappa shape index (κ3) is 4.51. The van der Waals surface area contributed by atoms with E-state index in [2.05, 4.69) is 27.8 Å². The molecule has 25 heavy (non-hydrogen) atoms. The van der Waals surface area contributed by atoms with E-state index in [4.69, 9.17) is 4.42 Å². The van der Waals surface area contributed by atoms with Crippen LogP contribution in [0.2, 0.25) is 0 Å². The lowest BCUT2D eigenvalue weighted by atomic mass is 10.1. The van der Waals surface area contributed by atoms with Gasteiger partial charge in [-0.15, -0.1) is 0 Å². The van der Waals surface area contributed by atoms with Gasteiger partial charge in [0.15, 0.2) is 10.9 Å². The molecule has 0 saturated heterocycles. The Morgan fingerprint density at radius 2 is 2.16 bits per heavy atom. The summed E-state index contributed by atoms with van der Waals surface area (Å²) in [4.78, 5) is 16.3. The maximum absolute atomic E-state index is 11.8. The summed E-state index contributed by atoms with van der Waals surface area (Å²) in [6.07, 6.45) is 2.57. The predicted molar refractivity (Wildman–Crippen MR) is 102 cm³/mol. The molecule has 0 fully saturated rings. The monoisotopic (exact) mass is 356 g/mol. The molecule has 1 aliphatic heterocycles. The first-order valence-electron chi connectivity index (χ1n) is 8.12. The second-order valence-electron chi connectivity index (χ2n) is 5.61. The summed E-state index contributed by atoms with van der Waals surface area (Å²) in [5.74, 6) is -0.138. The number of hydrogen-bond acceptors (Lipinski definition) is 6. The van der Waals surface area contributed by atoms with E-state index in [9.17, 15) is 4.79 Å². The number of carbonyl (C=O) groups is 1. The molecule has 0 spiro atoms. The van der Waals surface area contributed by atoms with Crippen LogP contribution >= 0.6 is 11.8 Å². The number of rotatable bonds is 5. The summed E-state index contributed by atoms with van der Waals surface area (Å²) in [6.45, 7) is 4.90. The Morgan fingerprint density at radius 3 is 2.80 bits per heavy atom. The number of nitrogens with one attached hydrogen (secondary N) is 2. The molecule has 0 radical (unpaired) electrons. The van der Waals surface area contributed by atoms with Crippen LogP contribution in [0.5, 0.6) is 0 Å². The topological polar surface area (TPSA) is 79.0 Å². The summed E-state index contributed by atoms with van der Waals surface area (Å²) < 4.78 is 5.03. The Hall–Kier alpha value is -2.54. The van der Waals surface area contributed by atoms with Gasteiger partial charge in [0.05, 0.1) is 18.5 Å². The zero-order chi connectivity index (χ0) is 17.6. The Bertz CT molecular complexity index is 782. The van der Waals surface area contributed by atoms with Crippen molar-refractivity contribution < 1.29 is 9.21 Å². The first-order valence-corrected chi connectivity index (χ1v) is 9.00. The molecule has 2 N–H and O–H groups in total. The first-order chi connectivity index (χ1) is 12.2. The molecule has 1 aromatic heterocycles. The van der Waals surface area contributed by atoms with E-state index in [1.165, 1.54) is 6.26 Å². The average Bonchev–Trinajstić information content (AvgIpc) is 3.32. The van der Waals surface area contributed by atoms with Crippen molar-refractivity contribution in [2.45, 2.75) is 25.5 Å². The maximum atomic E-state index is 11.8. The number of amidine groups is 1. The van der Waals surface area contributed by atoms with Crippen LogP contribution in [0.15, 0.2) is 57.2 Å². The number of anilines is 1. The van der Waals surface area contributed by atoms with Gasteiger partial charge in [0.1, 0.15) is 0 Å². The molecule has 0 saturated carbocycles. The van der Waals surface area contributed by atoms with Crippen molar-refractivity contribution in [1.29, 1.82) is 0 Å². The minimum atomic E-state index is -0.371. The zero-order valence-electron chi connectivity index (χ0n) is 14.2. The highest BCUT2D eigenvalue weighted by atomic mass is 32.2. The van der Waals surface area contributed by atoms with Crippen LogP contribution in [0.25, 0.3) is 0 Å². The van der Waals surface area contributed by atoms with Gasteiger partial charge < -0.3 is 9.73 Å². The van der Waals surface area contributed by atoms with Gasteiger partial charge in [-0.25, -0.2) is 5.43 Å². The van der Waals surface area contributed by atoms with Gasteiger partial charge in [-0.05, 0) is 43.2 Å². The van der Waals surface area contributed by atoms with E-state index in [1.54, 1.807) is 23.9 Å². The lowest BCUT2D eigenvalue weighted by Gasteiger charge is -2.08. The quantitative estimate of drug-likeness (QED) is 0.632. The maximum Gasteiger partial charge on any atom is 0.307 e. The van der Waals surface area contributed by atoms with Gasteiger partial charge in [0.25, 0.3) is 0 Å². The fraction of sp³-hybridized carbons (Fsp3) is 0.278. The molecule has 0 aliphatic carbocycles. The summed E-state index contributed by atoms with van der Waals surface area (Å²) in [7, 11) is 0. The van der Waals surface area contributed by atoms with Crippen molar-refractivity contribution in [2.24, 2.45) is 10.1 Å². The zero-order valence-corrected chi connectivity index (χ0v) is 15.0. The third-order valence-electron chi connectivity index (χ3n) is 3.80. The highest BCUT2D eigenvalue weighted by Gasteiger charge is 2.17. The van der Waals surface area contributed by atoms with Gasteiger partial charge in [-0.3, -0.25) is 9.79 Å². The fourth-order valence-electron chi connectivity index (χ4n) is 2.28. The molecule has 7 heteroatoms. The van der Waals surface area contributed by atoms with Gasteiger partial charge >= 0.3 is 5.91 Å². The number of thioether (sulfide) groups is 1. The first kappa shape index (κ1) is 17.3. The van der Waals surface area contributed by atoms with Crippen LogP contribution < -0.4 is 10.7 Å². The summed E-state index contributed by atoms with van der Waals surface area (Å²) >= 11 is 1.78. The predicted octanol–water partition coefficient (Wildman–Crippen LogP) is 3.73. The molecule has 130 valence electrons. The van der Waals surface area contributed by atoms with Crippen LogP contribution in [0.3, 0.4) is 0 Å². The summed E-state index contributed by atoms with van der Waals surface area (Å²) in [5, 5.41) is 8.99. The Balaban J connectivity index is 1.58. The number of benzene rings is 1. The highest BCUT2D eigenvalue weighted by molar-refractivity contribution is 8.15. The van der Waals surface area contributed by atoms with E-state index in [0.717, 1.165) is 29.4 Å². The molecule has 1 amide bonds. The molecule has 2 heterocycles. The number of furan rings is 1. The Morgan fingerprint density at radius 1 is 1.36 bits per heavy atom. The highest BCUT2D eigenvalue weighted by Crippen LogP contribution is 2.24. The molecule has 1 aliphatic rings. The van der Waals surface area contributed by atoms with Crippen molar-refractivity contribution in [3.05, 3.63) is 54.0 Å². The lowest BCUT2D eigenvalue weighted by molar-refractivity contribution is 0.0927. The standard InChI is InChI=1S/C18H20N4O2S/c1-3-15-11-19-18(25-15)20-14-8-6-13(7-9-14)12(2)21-22-17(23)16-5-4-10-24-16/h4-10,15H,3,11H2,1-2H3,(H,19,20)(H,22,23)/b21-12-/t15-/m1/s1. The summed E-state index contributed by atoms with van der Waals surface area (Å²) in [6, 6.07) is 11.1. The number of nitrogens with zero attached hydrogens (tertiary/aromatic N) is 2. The van der Waals surface area contributed by atoms with Crippen LogP contribution in [-0.2, 0) is 0 Å². The van der Waals surface area contributed by atoms with Crippen molar-refractivity contribution >= 4 is 34.2 Å². The van der Waals surface area contributed by atoms with Crippen LogP contribution in [0.1, 0.15) is 36.4 Å². The fourth-order valence-corrected chi connectivity index (χ4v) is 3.24. The van der Waals surface area contributed by atoms with Gasteiger partial charge in [0, 0.05) is 10.9 Å². The molecular formula is C18H20N4O2S. The van der Waals surface area contributed by atoms with Gasteiger partial charge in [-0.2, -0.15) is 5.10 Å². The lowest BCUT2D eigenvalue weighted by Crippen LogP contribution is -2.18. The Labute approximate surface area is 150 Å². The molecule has 2 aromatic rings. The average molecular weight is 356 g/mol. The van der Waals surface area contributed by atoms with Crippen molar-refractivity contribution in [1.82, 2.24) is 5.43 Å². The number of amides is 1. The van der Waals surface area contributed by atoms with Crippen molar-refractivity contribution in [3.63, 3.8) is 0 Å². The van der Waals surface area contributed by atoms with E-state index in [1.807, 2.05) is 31.2 Å². The minimum absolute atomic E-state index is 0.233. The van der Waals surface area contributed by atoms with Crippen LogP contribution in [0.4, 0.5) is 5.69 Å². The molecule has 6 nitrogen and oxygen atoms in total.